The third-order valence-corrected chi connectivity index (χ3v) is 3.56. The first-order chi connectivity index (χ1) is 9.87. The molecule has 0 radical (unpaired) electrons. The van der Waals surface area contributed by atoms with Crippen LogP contribution in [0.3, 0.4) is 0 Å². The molecule has 6 heteroatoms. The lowest BCUT2D eigenvalue weighted by molar-refractivity contribution is -0.0656. The van der Waals surface area contributed by atoms with E-state index in [-0.39, 0.29) is 18.5 Å². The predicted molar refractivity (Wildman–Crippen MR) is 74.3 cm³/mol. The van der Waals surface area contributed by atoms with Crippen LogP contribution < -0.4 is 4.74 Å². The second-order valence-corrected chi connectivity index (χ2v) is 5.37. The Morgan fingerprint density at radius 3 is 2.86 bits per heavy atom. The Morgan fingerprint density at radius 1 is 1.48 bits per heavy atom. The van der Waals surface area contributed by atoms with Crippen LogP contribution in [-0.4, -0.2) is 48.1 Å². The van der Waals surface area contributed by atoms with Gasteiger partial charge in [-0.25, -0.2) is 13.6 Å². The number of ether oxygens (including phenoxy) is 1. The summed E-state index contributed by atoms with van der Waals surface area (Å²) in [6.07, 6.45) is 0.458. The van der Waals surface area contributed by atoms with Crippen LogP contribution >= 0.6 is 0 Å². The Hall–Kier alpha value is -1.69. The van der Waals surface area contributed by atoms with E-state index in [1.54, 1.807) is 17.9 Å². The lowest BCUT2D eigenvalue weighted by atomic mass is 10.1. The van der Waals surface area contributed by atoms with Crippen molar-refractivity contribution >= 4 is 5.97 Å². The van der Waals surface area contributed by atoms with Crippen molar-refractivity contribution in [2.45, 2.75) is 25.7 Å². The fourth-order valence-corrected chi connectivity index (χ4v) is 2.47. The number of aryl methyl sites for hydroxylation is 1. The number of aromatic carboxylic acids is 1. The highest BCUT2D eigenvalue weighted by atomic mass is 19.3. The summed E-state index contributed by atoms with van der Waals surface area (Å²) in [6, 6.07) is 4.61. The normalized spacial score (nSPS) is 18.4. The number of rotatable bonds is 5. The summed E-state index contributed by atoms with van der Waals surface area (Å²) >= 11 is 0. The SMILES string of the molecule is Cc1cc(C(=O)O)ccc1OCCN1CCCC(F)(F)C1. The molecule has 1 heterocycles. The van der Waals surface area contributed by atoms with Gasteiger partial charge in [-0.2, -0.15) is 0 Å². The van der Waals surface area contributed by atoms with E-state index in [2.05, 4.69) is 0 Å². The summed E-state index contributed by atoms with van der Waals surface area (Å²) in [4.78, 5) is 12.5. The molecule has 0 amide bonds. The van der Waals surface area contributed by atoms with Gasteiger partial charge in [0, 0.05) is 13.0 Å². The first-order valence-corrected chi connectivity index (χ1v) is 6.94. The van der Waals surface area contributed by atoms with Crippen LogP contribution in [0.2, 0.25) is 0 Å². The molecule has 1 aromatic carbocycles. The first-order valence-electron chi connectivity index (χ1n) is 6.94. The van der Waals surface area contributed by atoms with Gasteiger partial charge in [0.2, 0.25) is 0 Å². The minimum atomic E-state index is -2.60. The van der Waals surface area contributed by atoms with Gasteiger partial charge in [-0.15, -0.1) is 0 Å². The Labute approximate surface area is 122 Å². The number of carbonyl (C=O) groups is 1. The highest BCUT2D eigenvalue weighted by Gasteiger charge is 2.34. The lowest BCUT2D eigenvalue weighted by Gasteiger charge is -2.32. The van der Waals surface area contributed by atoms with Gasteiger partial charge in [-0.05, 0) is 43.7 Å². The van der Waals surface area contributed by atoms with Crippen molar-refractivity contribution in [3.05, 3.63) is 29.3 Å². The van der Waals surface area contributed by atoms with Crippen molar-refractivity contribution in [2.24, 2.45) is 0 Å². The Balaban J connectivity index is 1.85. The number of likely N-dealkylation sites (tertiary alicyclic amines) is 1. The third kappa shape index (κ3) is 4.39. The highest BCUT2D eigenvalue weighted by molar-refractivity contribution is 5.88. The van der Waals surface area contributed by atoms with E-state index in [9.17, 15) is 13.6 Å². The van der Waals surface area contributed by atoms with E-state index in [1.807, 2.05) is 0 Å². The summed E-state index contributed by atoms with van der Waals surface area (Å²) in [5.41, 5.74) is 0.925. The average molecular weight is 299 g/mol. The Kier molecular flexibility index (Phi) is 4.77. The van der Waals surface area contributed by atoms with E-state index < -0.39 is 11.9 Å². The zero-order chi connectivity index (χ0) is 15.5. The third-order valence-electron chi connectivity index (χ3n) is 3.56. The molecule has 0 aromatic heterocycles. The van der Waals surface area contributed by atoms with Crippen molar-refractivity contribution in [3.8, 4) is 5.75 Å². The largest absolute Gasteiger partial charge is 0.492 e. The predicted octanol–water partition coefficient (Wildman–Crippen LogP) is 2.80. The molecule has 1 aliphatic rings. The van der Waals surface area contributed by atoms with Crippen LogP contribution in [0.1, 0.15) is 28.8 Å². The average Bonchev–Trinajstić information content (AvgIpc) is 2.39. The molecule has 0 unspecified atom stereocenters. The maximum absolute atomic E-state index is 13.3. The van der Waals surface area contributed by atoms with E-state index >= 15 is 0 Å². The van der Waals surface area contributed by atoms with Gasteiger partial charge in [0.15, 0.2) is 0 Å². The number of carboxylic acid groups (broad SMARTS) is 1. The topological polar surface area (TPSA) is 49.8 Å². The highest BCUT2D eigenvalue weighted by Crippen LogP contribution is 2.26. The fraction of sp³-hybridized carbons (Fsp3) is 0.533. The van der Waals surface area contributed by atoms with Crippen molar-refractivity contribution in [1.82, 2.24) is 4.90 Å². The van der Waals surface area contributed by atoms with Gasteiger partial charge < -0.3 is 9.84 Å². The smallest absolute Gasteiger partial charge is 0.335 e. The molecular formula is C15H19F2NO3. The van der Waals surface area contributed by atoms with Crippen molar-refractivity contribution < 1.29 is 23.4 Å². The molecule has 4 nitrogen and oxygen atoms in total. The van der Waals surface area contributed by atoms with E-state index in [0.717, 1.165) is 5.56 Å². The number of piperidine rings is 1. The quantitative estimate of drug-likeness (QED) is 0.908. The molecule has 1 aliphatic heterocycles. The van der Waals surface area contributed by atoms with Gasteiger partial charge in [0.1, 0.15) is 12.4 Å². The second-order valence-electron chi connectivity index (χ2n) is 5.37. The van der Waals surface area contributed by atoms with Crippen LogP contribution in [0.15, 0.2) is 18.2 Å². The molecule has 0 bridgehead atoms. The van der Waals surface area contributed by atoms with E-state index in [1.165, 1.54) is 12.1 Å². The minimum absolute atomic E-state index is 0.0416. The van der Waals surface area contributed by atoms with Crippen molar-refractivity contribution in [2.75, 3.05) is 26.2 Å². The molecule has 1 fully saturated rings. The molecule has 0 saturated carbocycles. The van der Waals surface area contributed by atoms with E-state index in [0.29, 0.717) is 31.9 Å². The molecule has 21 heavy (non-hydrogen) atoms. The number of carboxylic acids is 1. The Bertz CT molecular complexity index is 520. The lowest BCUT2D eigenvalue weighted by Crippen LogP contribution is -2.44. The first kappa shape index (κ1) is 15.7. The maximum atomic E-state index is 13.3. The number of hydrogen-bond acceptors (Lipinski definition) is 3. The van der Waals surface area contributed by atoms with Crippen molar-refractivity contribution in [3.63, 3.8) is 0 Å². The molecule has 116 valence electrons. The summed E-state index contributed by atoms with van der Waals surface area (Å²) in [7, 11) is 0. The molecule has 0 spiro atoms. The zero-order valence-electron chi connectivity index (χ0n) is 11.9. The van der Waals surface area contributed by atoms with E-state index in [4.69, 9.17) is 9.84 Å². The van der Waals surface area contributed by atoms with Gasteiger partial charge in [0.25, 0.3) is 5.92 Å². The van der Waals surface area contributed by atoms with Gasteiger partial charge >= 0.3 is 5.97 Å². The minimum Gasteiger partial charge on any atom is -0.492 e. The molecule has 2 rings (SSSR count). The summed E-state index contributed by atoms with van der Waals surface area (Å²) in [5, 5.41) is 8.88. The monoisotopic (exact) mass is 299 g/mol. The van der Waals surface area contributed by atoms with Crippen LogP contribution in [-0.2, 0) is 0 Å². The summed E-state index contributed by atoms with van der Waals surface area (Å²) in [5.74, 6) is -3.00. The van der Waals surface area contributed by atoms with Gasteiger partial charge in [-0.1, -0.05) is 0 Å². The summed E-state index contributed by atoms with van der Waals surface area (Å²) < 4.78 is 32.1. The van der Waals surface area contributed by atoms with Crippen LogP contribution in [0, 0.1) is 6.92 Å². The molecule has 0 aliphatic carbocycles. The molecule has 1 aromatic rings. The number of benzene rings is 1. The summed E-state index contributed by atoms with van der Waals surface area (Å²) in [6.45, 7) is 2.96. The zero-order valence-corrected chi connectivity index (χ0v) is 11.9. The number of alkyl halides is 2. The molecule has 0 atom stereocenters. The second kappa shape index (κ2) is 6.39. The standard InChI is InChI=1S/C15H19F2NO3/c1-11-9-12(14(19)20)3-4-13(11)21-8-7-18-6-2-5-15(16,17)10-18/h3-4,9H,2,5-8,10H2,1H3,(H,19,20). The maximum Gasteiger partial charge on any atom is 0.335 e. The molecular weight excluding hydrogens is 280 g/mol. The number of halogens is 2. The molecule has 1 saturated heterocycles. The Morgan fingerprint density at radius 2 is 2.24 bits per heavy atom. The number of nitrogens with zero attached hydrogens (tertiary/aromatic N) is 1. The molecule has 1 N–H and O–H groups in total. The number of hydrogen-bond donors (Lipinski definition) is 1. The van der Waals surface area contributed by atoms with Crippen LogP contribution in [0.5, 0.6) is 5.75 Å². The van der Waals surface area contributed by atoms with Crippen LogP contribution in [0.4, 0.5) is 8.78 Å². The van der Waals surface area contributed by atoms with Gasteiger partial charge in [0.05, 0.1) is 12.1 Å². The van der Waals surface area contributed by atoms with Crippen molar-refractivity contribution in [1.29, 1.82) is 0 Å². The van der Waals surface area contributed by atoms with Gasteiger partial charge in [-0.3, -0.25) is 4.90 Å². The fourth-order valence-electron chi connectivity index (χ4n) is 2.47. The van der Waals surface area contributed by atoms with Crippen LogP contribution in [0.25, 0.3) is 0 Å².